The molecule has 5 nitrogen and oxygen atoms in total. The van der Waals surface area contributed by atoms with Gasteiger partial charge in [-0.2, -0.15) is 0 Å². The van der Waals surface area contributed by atoms with Crippen molar-refractivity contribution in [2.45, 2.75) is 46.5 Å². The van der Waals surface area contributed by atoms with E-state index in [1.54, 1.807) is 0 Å². The van der Waals surface area contributed by atoms with Crippen molar-refractivity contribution < 1.29 is 24.1 Å². The van der Waals surface area contributed by atoms with Crippen molar-refractivity contribution in [3.05, 3.63) is 158 Å². The van der Waals surface area contributed by atoms with Crippen LogP contribution in [0.5, 0.6) is 11.5 Å². The van der Waals surface area contributed by atoms with Crippen molar-refractivity contribution in [2.75, 3.05) is 0 Å². The number of nitrogens with zero attached hydrogens (tertiary/aromatic N) is 4. The first-order valence-electron chi connectivity index (χ1n) is 16.8. The molecule has 6 heterocycles. The summed E-state index contributed by atoms with van der Waals surface area (Å²) in [6.45, 7) is 6.66. The summed E-state index contributed by atoms with van der Waals surface area (Å²) in [5, 5.41) is 2.27. The monoisotopic (exact) mass is 817 g/mol. The van der Waals surface area contributed by atoms with Gasteiger partial charge in [-0.25, -0.2) is 0 Å². The molecule has 0 atom stereocenters. The number of ether oxygens (including phenoxy) is 1. The third kappa shape index (κ3) is 5.11. The number of hydrogen-bond donors (Lipinski definition) is 0. The Kier molecular flexibility index (Phi) is 7.28. The van der Waals surface area contributed by atoms with Crippen LogP contribution in [0, 0.1) is 36.7 Å². The molecule has 0 radical (unpaired) electrons. The van der Waals surface area contributed by atoms with Gasteiger partial charge in [0.15, 0.2) is 0 Å². The Bertz CT molecular complexity index is 2660. The number of fused-ring (bicyclic) bond motifs is 3. The van der Waals surface area contributed by atoms with E-state index in [9.17, 15) is 0 Å². The molecule has 0 saturated carbocycles. The number of benzene rings is 4. The number of hydrogen-bond acceptors (Lipinski definition) is 2. The predicted octanol–water partition coefficient (Wildman–Crippen LogP) is 9.50. The molecule has 244 valence electrons. The Morgan fingerprint density at radius 3 is 2.29 bits per heavy atom. The van der Waals surface area contributed by atoms with E-state index in [1.165, 1.54) is 39.0 Å². The normalized spacial score (nSPS) is 13.0. The van der Waals surface area contributed by atoms with Crippen molar-refractivity contribution in [3.63, 3.8) is 0 Å². The summed E-state index contributed by atoms with van der Waals surface area (Å²) in [5.41, 5.74) is 13.8. The van der Waals surface area contributed by atoms with Crippen molar-refractivity contribution >= 4 is 27.3 Å². The van der Waals surface area contributed by atoms with E-state index in [4.69, 9.17) is 9.72 Å². The van der Waals surface area contributed by atoms with Crippen LogP contribution in [0.25, 0.3) is 38.8 Å². The molecule has 4 aliphatic rings. The van der Waals surface area contributed by atoms with Gasteiger partial charge in [0, 0.05) is 6.20 Å². The van der Waals surface area contributed by atoms with Crippen LogP contribution in [0.4, 0.5) is 0 Å². The van der Waals surface area contributed by atoms with Crippen molar-refractivity contribution in [3.8, 4) is 23.0 Å². The number of aryl methyl sites for hydroxylation is 5. The topological polar surface area (TPSA) is 36.4 Å². The molecule has 0 N–H and O–H groups in total. The fourth-order valence-electron chi connectivity index (χ4n) is 7.42. The second kappa shape index (κ2) is 11.9. The number of imidazole rings is 1. The fourth-order valence-corrected chi connectivity index (χ4v) is 8.44. The number of aromatic nitrogens is 4. The summed E-state index contributed by atoms with van der Waals surface area (Å²) in [4.78, 5) is 4.72. The summed E-state index contributed by atoms with van der Waals surface area (Å²) in [7, 11) is 0. The maximum atomic E-state index is 6.50. The minimum atomic E-state index is 0.632. The Morgan fingerprint density at radius 2 is 1.45 bits per heavy atom. The van der Waals surface area contributed by atoms with Crippen LogP contribution in [-0.4, -0.2) is 18.5 Å². The van der Waals surface area contributed by atoms with Crippen LogP contribution < -0.4 is 4.74 Å². The molecular weight excluding hydrogens is 784 g/mol. The number of pyridine rings is 2. The maximum absolute atomic E-state index is 6.50. The first-order chi connectivity index (χ1) is 23.9. The molecule has 2 aliphatic heterocycles. The zero-order chi connectivity index (χ0) is 33.2. The van der Waals surface area contributed by atoms with Crippen LogP contribution in [0.3, 0.4) is 0 Å². The minimum absolute atomic E-state index is 0.632. The van der Waals surface area contributed by atoms with Crippen molar-refractivity contribution in [1.82, 2.24) is 18.5 Å². The van der Waals surface area contributed by atoms with Crippen LogP contribution >= 0.6 is 0 Å². The quantitative estimate of drug-likeness (QED) is 0.166. The van der Waals surface area contributed by atoms with Gasteiger partial charge in [0.05, 0.1) is 0 Å². The summed E-state index contributed by atoms with van der Waals surface area (Å²) in [6, 6.07) is 39.3. The fraction of sp³-hybridized carbons (Fsp3) is 0.163. The molecule has 4 aromatic carbocycles. The Morgan fingerprint density at radius 1 is 0.694 bits per heavy atom. The number of para-hydroxylation sites is 1. The first-order valence-corrected chi connectivity index (χ1v) is 17.9. The summed E-state index contributed by atoms with van der Waals surface area (Å²) < 4.78 is 14.5. The molecule has 0 saturated heterocycles. The van der Waals surface area contributed by atoms with Gasteiger partial charge in [0.25, 0.3) is 0 Å². The van der Waals surface area contributed by atoms with Gasteiger partial charge in [-0.05, 0) is 18.6 Å². The second-order valence-electron chi connectivity index (χ2n) is 13.1. The van der Waals surface area contributed by atoms with Gasteiger partial charge in [0.1, 0.15) is 0 Å². The first kappa shape index (κ1) is 30.1. The van der Waals surface area contributed by atoms with E-state index in [0.29, 0.717) is 11.5 Å². The molecule has 0 spiro atoms. The molecule has 8 aromatic rings. The van der Waals surface area contributed by atoms with E-state index in [-0.39, 0.29) is 0 Å². The SMILES string of the molecule is Cc1ccnc(-n2c3[c-]c(Oc4[c-]c(-n5cc6c7ccc(n6[c]5=[Pt])CCc5ccc(c(C)c5C)CC7)ccc4)ccc3c3ccccc32)c1. The van der Waals surface area contributed by atoms with E-state index >= 15 is 0 Å². The van der Waals surface area contributed by atoms with Gasteiger partial charge in [-0.3, -0.25) is 0 Å². The third-order valence-corrected chi connectivity index (χ3v) is 11.2. The average molecular weight is 818 g/mol. The van der Waals surface area contributed by atoms with Crippen LogP contribution in [0.1, 0.15) is 39.1 Å². The van der Waals surface area contributed by atoms with E-state index < -0.39 is 0 Å². The van der Waals surface area contributed by atoms with Gasteiger partial charge < -0.3 is 0 Å². The molecule has 12 rings (SSSR count). The Hall–Kier alpha value is -4.99. The molecule has 2 aliphatic carbocycles. The molecule has 0 amide bonds. The van der Waals surface area contributed by atoms with Crippen molar-refractivity contribution in [1.29, 1.82) is 0 Å². The zero-order valence-electron chi connectivity index (χ0n) is 27.7. The molecule has 4 aromatic heterocycles. The summed E-state index contributed by atoms with van der Waals surface area (Å²) in [6.07, 6.45) is 8.14. The molecular formula is C43H34N4OPt-2. The van der Waals surface area contributed by atoms with Gasteiger partial charge in [-0.15, -0.1) is 0 Å². The second-order valence-corrected chi connectivity index (χ2v) is 14.1. The van der Waals surface area contributed by atoms with E-state index in [2.05, 4.69) is 139 Å². The standard InChI is InChI=1S/C43H34N4O.Pt/c1-28-21-22-44-43(23-28)47-40-10-5-4-9-38(40)39-20-19-37(25-41(39)47)48-36-8-6-7-35(24-36)45-26-42-33-14-13-31-11-12-32(30(3)29(31)2)15-17-34(18-16-33)46(42)27-45;/h4-12,16,18-23,26H,13-15,17H2,1-3H3;/q-2;. The Balaban J connectivity index is 1.10. The number of rotatable bonds is 4. The predicted molar refractivity (Wildman–Crippen MR) is 192 cm³/mol. The average Bonchev–Trinajstić information content (AvgIpc) is 3.63. The Labute approximate surface area is 296 Å². The summed E-state index contributed by atoms with van der Waals surface area (Å²) in [5.74, 6) is 2.14. The van der Waals surface area contributed by atoms with Crippen LogP contribution in [0.2, 0.25) is 0 Å². The van der Waals surface area contributed by atoms with E-state index in [1.807, 2.05) is 30.5 Å². The molecule has 4 bridgehead atoms. The van der Waals surface area contributed by atoms with E-state index in [0.717, 1.165) is 68.4 Å². The molecule has 0 fully saturated rings. The third-order valence-electron chi connectivity index (χ3n) is 10.2. The van der Waals surface area contributed by atoms with Gasteiger partial charge in [-0.1, -0.05) is 12.1 Å². The molecule has 49 heavy (non-hydrogen) atoms. The summed E-state index contributed by atoms with van der Waals surface area (Å²) >= 11 is 2.47. The molecule has 6 heteroatoms. The zero-order valence-corrected chi connectivity index (χ0v) is 29.9. The van der Waals surface area contributed by atoms with Crippen LogP contribution in [-0.2, 0) is 45.0 Å². The van der Waals surface area contributed by atoms with Crippen molar-refractivity contribution in [2.24, 2.45) is 0 Å². The van der Waals surface area contributed by atoms with Crippen LogP contribution in [0.15, 0.2) is 103 Å². The molecule has 0 unspecified atom stereocenters. The van der Waals surface area contributed by atoms with Gasteiger partial charge >= 0.3 is 261 Å². The van der Waals surface area contributed by atoms with Gasteiger partial charge in [0.2, 0.25) is 0 Å².